The van der Waals surface area contributed by atoms with Crippen molar-refractivity contribution < 1.29 is 0 Å². The number of nitrogens with zero attached hydrogens (tertiary/aromatic N) is 3. The molecule has 28 heavy (non-hydrogen) atoms. The van der Waals surface area contributed by atoms with Crippen LogP contribution in [0, 0.1) is 32.1 Å². The highest BCUT2D eigenvalue weighted by Gasteiger charge is 2.13. The number of aromatic amines is 1. The van der Waals surface area contributed by atoms with E-state index in [1.807, 2.05) is 24.4 Å². The average molecular weight is 385 g/mol. The van der Waals surface area contributed by atoms with Crippen LogP contribution in [-0.4, -0.2) is 15.0 Å². The van der Waals surface area contributed by atoms with Crippen molar-refractivity contribution in [3.63, 3.8) is 0 Å². The minimum atomic E-state index is 0.518. The first-order chi connectivity index (χ1) is 13.5. The van der Waals surface area contributed by atoms with Gasteiger partial charge in [0.15, 0.2) is 0 Å². The Labute approximate surface area is 167 Å². The van der Waals surface area contributed by atoms with E-state index >= 15 is 0 Å². The fourth-order valence-corrected chi connectivity index (χ4v) is 4.27. The van der Waals surface area contributed by atoms with E-state index in [0.29, 0.717) is 11.5 Å². The van der Waals surface area contributed by atoms with Gasteiger partial charge in [0.05, 0.1) is 17.0 Å². The summed E-state index contributed by atoms with van der Waals surface area (Å²) in [6, 6.07) is 15.7. The minimum Gasteiger partial charge on any atom is -0.346 e. The Morgan fingerprint density at radius 2 is 1.71 bits per heavy atom. The Bertz CT molecular complexity index is 1180. The molecule has 6 heteroatoms. The second-order valence-electron chi connectivity index (χ2n) is 6.74. The summed E-state index contributed by atoms with van der Waals surface area (Å²) in [7, 11) is 0. The number of nitriles is 1. The van der Waals surface area contributed by atoms with Crippen LogP contribution < -0.4 is 5.32 Å². The Balaban J connectivity index is 1.72. The molecule has 0 saturated carbocycles. The van der Waals surface area contributed by atoms with Gasteiger partial charge in [0, 0.05) is 16.8 Å². The summed E-state index contributed by atoms with van der Waals surface area (Å²) in [6.07, 6.45) is 1.88. The molecule has 0 aliphatic rings. The van der Waals surface area contributed by atoms with E-state index < -0.39 is 0 Å². The highest BCUT2D eigenvalue weighted by Crippen LogP contribution is 2.36. The lowest BCUT2D eigenvalue weighted by molar-refractivity contribution is 1.09. The fraction of sp³-hybridized carbons (Fsp3) is 0.136. The molecule has 0 aliphatic carbocycles. The van der Waals surface area contributed by atoms with Gasteiger partial charge in [0.2, 0.25) is 5.95 Å². The van der Waals surface area contributed by atoms with Crippen LogP contribution in [0.5, 0.6) is 0 Å². The maximum absolute atomic E-state index is 8.95. The Hall–Kier alpha value is -3.30. The molecule has 2 heterocycles. The molecular formula is C22H19N5S. The summed E-state index contributed by atoms with van der Waals surface area (Å²) in [5.74, 6) is 0.518. The number of benzene rings is 2. The monoisotopic (exact) mass is 385 g/mol. The van der Waals surface area contributed by atoms with Crippen molar-refractivity contribution in [2.75, 3.05) is 5.32 Å². The third kappa shape index (κ3) is 3.57. The summed E-state index contributed by atoms with van der Waals surface area (Å²) < 4.78 is 0. The van der Waals surface area contributed by atoms with Crippen molar-refractivity contribution in [2.45, 2.75) is 30.7 Å². The quantitative estimate of drug-likeness (QED) is 0.444. The van der Waals surface area contributed by atoms with Gasteiger partial charge in [-0.15, -0.1) is 0 Å². The first-order valence-corrected chi connectivity index (χ1v) is 9.73. The van der Waals surface area contributed by atoms with Gasteiger partial charge in [0.1, 0.15) is 10.7 Å². The number of hydrogen-bond acceptors (Lipinski definition) is 5. The smallest absolute Gasteiger partial charge is 0.230 e. The van der Waals surface area contributed by atoms with E-state index in [-0.39, 0.29) is 0 Å². The normalized spacial score (nSPS) is 10.8. The van der Waals surface area contributed by atoms with Crippen LogP contribution in [0.25, 0.3) is 11.0 Å². The zero-order valence-electron chi connectivity index (χ0n) is 15.9. The van der Waals surface area contributed by atoms with Crippen LogP contribution >= 0.6 is 11.8 Å². The van der Waals surface area contributed by atoms with E-state index in [1.165, 1.54) is 21.6 Å². The number of H-pyrrole nitrogens is 1. The molecular weight excluding hydrogens is 366 g/mol. The molecule has 0 atom stereocenters. The number of hydrogen-bond donors (Lipinski definition) is 2. The molecule has 0 saturated heterocycles. The second kappa shape index (κ2) is 7.37. The van der Waals surface area contributed by atoms with Gasteiger partial charge < -0.3 is 10.3 Å². The third-order valence-electron chi connectivity index (χ3n) is 4.45. The third-order valence-corrected chi connectivity index (χ3v) is 5.81. The molecule has 4 aromatic rings. The van der Waals surface area contributed by atoms with Crippen molar-refractivity contribution in [1.29, 1.82) is 5.26 Å². The molecule has 0 aliphatic heterocycles. The summed E-state index contributed by atoms with van der Waals surface area (Å²) in [5, 5.41) is 14.1. The zero-order valence-corrected chi connectivity index (χ0v) is 16.7. The average Bonchev–Trinajstić information content (AvgIpc) is 3.14. The Morgan fingerprint density at radius 3 is 2.39 bits per heavy atom. The number of aromatic nitrogens is 3. The topological polar surface area (TPSA) is 77.4 Å². The van der Waals surface area contributed by atoms with Crippen LogP contribution in [0.3, 0.4) is 0 Å². The van der Waals surface area contributed by atoms with Gasteiger partial charge in [0.25, 0.3) is 0 Å². The van der Waals surface area contributed by atoms with E-state index in [9.17, 15) is 0 Å². The van der Waals surface area contributed by atoms with E-state index in [0.717, 1.165) is 21.7 Å². The molecule has 5 nitrogen and oxygen atoms in total. The summed E-state index contributed by atoms with van der Waals surface area (Å²) in [5.41, 5.74) is 5.99. The van der Waals surface area contributed by atoms with Crippen molar-refractivity contribution in [1.82, 2.24) is 15.0 Å². The van der Waals surface area contributed by atoms with Crippen molar-refractivity contribution in [2.24, 2.45) is 0 Å². The molecule has 0 fully saturated rings. The van der Waals surface area contributed by atoms with Crippen molar-refractivity contribution in [3.05, 3.63) is 70.9 Å². The maximum atomic E-state index is 8.95. The Morgan fingerprint density at radius 1 is 1.00 bits per heavy atom. The SMILES string of the molecule is Cc1cc(C)c(Sc2nc(Nc3ccc(C#N)cc3)nc3[nH]ccc23)c(C)c1. The number of nitrogens with one attached hydrogen (secondary N) is 2. The molecule has 2 N–H and O–H groups in total. The number of anilines is 2. The lowest BCUT2D eigenvalue weighted by Gasteiger charge is -2.12. The lowest BCUT2D eigenvalue weighted by Crippen LogP contribution is -1.99. The molecule has 0 bridgehead atoms. The molecule has 0 amide bonds. The summed E-state index contributed by atoms with van der Waals surface area (Å²) in [4.78, 5) is 13.7. The Kier molecular flexibility index (Phi) is 4.76. The molecule has 0 unspecified atom stereocenters. The predicted octanol–water partition coefficient (Wildman–Crippen LogP) is 5.65. The van der Waals surface area contributed by atoms with Gasteiger partial charge in [-0.05, 0) is 62.2 Å². The van der Waals surface area contributed by atoms with Crippen molar-refractivity contribution in [3.8, 4) is 6.07 Å². The highest BCUT2D eigenvalue weighted by atomic mass is 32.2. The highest BCUT2D eigenvalue weighted by molar-refractivity contribution is 7.99. The lowest BCUT2D eigenvalue weighted by atomic mass is 10.1. The van der Waals surface area contributed by atoms with Crippen LogP contribution in [0.2, 0.25) is 0 Å². The van der Waals surface area contributed by atoms with E-state index in [2.05, 4.69) is 54.3 Å². The number of aryl methyl sites for hydroxylation is 3. The van der Waals surface area contributed by atoms with Gasteiger partial charge >= 0.3 is 0 Å². The van der Waals surface area contributed by atoms with Crippen LogP contribution in [-0.2, 0) is 0 Å². The van der Waals surface area contributed by atoms with Crippen LogP contribution in [0.1, 0.15) is 22.3 Å². The molecule has 0 radical (unpaired) electrons. The van der Waals surface area contributed by atoms with Gasteiger partial charge in [-0.3, -0.25) is 0 Å². The summed E-state index contributed by atoms with van der Waals surface area (Å²) in [6.45, 7) is 6.38. The van der Waals surface area contributed by atoms with E-state index in [4.69, 9.17) is 10.2 Å². The first-order valence-electron chi connectivity index (χ1n) is 8.91. The fourth-order valence-electron chi connectivity index (χ4n) is 3.23. The van der Waals surface area contributed by atoms with Crippen LogP contribution in [0.15, 0.2) is 58.6 Å². The van der Waals surface area contributed by atoms with E-state index in [1.54, 1.807) is 23.9 Å². The molecule has 0 spiro atoms. The summed E-state index contributed by atoms with van der Waals surface area (Å²) >= 11 is 1.66. The molecule has 4 rings (SSSR count). The standard InChI is InChI=1S/C22H19N5S/c1-13-10-14(2)19(15(3)11-13)28-21-18-8-9-24-20(18)26-22(27-21)25-17-6-4-16(12-23)5-7-17/h4-11H,1-3H3,(H2,24,25,26,27). The number of rotatable bonds is 4. The largest absolute Gasteiger partial charge is 0.346 e. The van der Waals surface area contributed by atoms with Gasteiger partial charge in [-0.2, -0.15) is 10.2 Å². The molecule has 2 aromatic heterocycles. The molecule has 2 aromatic carbocycles. The van der Waals surface area contributed by atoms with Gasteiger partial charge in [-0.1, -0.05) is 29.5 Å². The minimum absolute atomic E-state index is 0.518. The second-order valence-corrected chi connectivity index (χ2v) is 7.74. The van der Waals surface area contributed by atoms with Crippen molar-refractivity contribution >= 4 is 34.4 Å². The zero-order chi connectivity index (χ0) is 19.7. The maximum Gasteiger partial charge on any atom is 0.230 e. The first kappa shape index (κ1) is 18.1. The van der Waals surface area contributed by atoms with Gasteiger partial charge in [-0.25, -0.2) is 4.98 Å². The van der Waals surface area contributed by atoms with Crippen LogP contribution in [0.4, 0.5) is 11.6 Å². The molecule has 138 valence electrons. The number of fused-ring (bicyclic) bond motifs is 1. The predicted molar refractivity (Wildman–Crippen MR) is 113 cm³/mol.